The van der Waals surface area contributed by atoms with Crippen molar-refractivity contribution in [2.24, 2.45) is 0 Å². The molecule has 114 valence electrons. The van der Waals surface area contributed by atoms with Crippen molar-refractivity contribution in [3.8, 4) is 5.75 Å². The molecule has 0 atom stereocenters. The van der Waals surface area contributed by atoms with Crippen molar-refractivity contribution >= 4 is 40.8 Å². The summed E-state index contributed by atoms with van der Waals surface area (Å²) in [6, 6.07) is 2.25. The lowest BCUT2D eigenvalue weighted by atomic mass is 10.2. The number of hydrogen-bond acceptors (Lipinski definition) is 5. The minimum Gasteiger partial charge on any atom is -0.481 e. The third-order valence-corrected chi connectivity index (χ3v) is 2.92. The zero-order valence-electron chi connectivity index (χ0n) is 10.7. The van der Waals surface area contributed by atoms with E-state index >= 15 is 0 Å². The van der Waals surface area contributed by atoms with Gasteiger partial charge in [0.15, 0.2) is 0 Å². The van der Waals surface area contributed by atoms with E-state index in [0.29, 0.717) is 12.8 Å². The number of carboxylic acid groups (broad SMARTS) is 1. The lowest BCUT2D eigenvalue weighted by Gasteiger charge is -2.07. The van der Waals surface area contributed by atoms with Crippen molar-refractivity contribution in [3.05, 3.63) is 32.3 Å². The average Bonchev–Trinajstić information content (AvgIpc) is 2.37. The van der Waals surface area contributed by atoms with Crippen LogP contribution < -0.4 is 4.74 Å². The fourth-order valence-electron chi connectivity index (χ4n) is 1.49. The van der Waals surface area contributed by atoms with Gasteiger partial charge in [-0.25, -0.2) is 0 Å². The summed E-state index contributed by atoms with van der Waals surface area (Å²) in [7, 11) is 0. The normalized spacial score (nSPS) is 10.2. The largest absolute Gasteiger partial charge is 0.481 e. The molecule has 0 spiro atoms. The standard InChI is InChI=1S/C12H11Cl2NO6/c13-7-5-8(14)12(9(6-7)15(19)20)21-11(18)4-2-1-3-10(16)17/h5-6H,1-4H2,(H,16,17). The molecule has 0 fully saturated rings. The first-order chi connectivity index (χ1) is 9.81. The maximum atomic E-state index is 11.6. The van der Waals surface area contributed by atoms with Crippen LogP contribution in [0.3, 0.4) is 0 Å². The van der Waals surface area contributed by atoms with E-state index in [1.54, 1.807) is 0 Å². The first kappa shape index (κ1) is 17.2. The number of esters is 1. The third kappa shape index (κ3) is 5.57. The first-order valence-electron chi connectivity index (χ1n) is 5.87. The zero-order chi connectivity index (χ0) is 16.0. The second-order valence-corrected chi connectivity index (χ2v) is 4.91. The number of rotatable bonds is 7. The number of benzene rings is 1. The molecule has 1 rings (SSSR count). The highest BCUT2D eigenvalue weighted by atomic mass is 35.5. The highest BCUT2D eigenvalue weighted by Gasteiger charge is 2.22. The van der Waals surface area contributed by atoms with Gasteiger partial charge in [0.05, 0.1) is 9.95 Å². The summed E-state index contributed by atoms with van der Waals surface area (Å²) in [5.74, 6) is -2.05. The Morgan fingerprint density at radius 1 is 1.24 bits per heavy atom. The number of ether oxygens (including phenoxy) is 1. The van der Waals surface area contributed by atoms with E-state index in [4.69, 9.17) is 33.0 Å². The van der Waals surface area contributed by atoms with Gasteiger partial charge >= 0.3 is 17.6 Å². The first-order valence-corrected chi connectivity index (χ1v) is 6.62. The lowest BCUT2D eigenvalue weighted by Crippen LogP contribution is -2.10. The molecule has 0 aromatic heterocycles. The Morgan fingerprint density at radius 3 is 2.43 bits per heavy atom. The molecule has 7 nitrogen and oxygen atoms in total. The summed E-state index contributed by atoms with van der Waals surface area (Å²) in [6.07, 6.45) is 0.476. The van der Waals surface area contributed by atoms with Crippen LogP contribution in [0.15, 0.2) is 12.1 Å². The Balaban J connectivity index is 2.72. The molecule has 0 aliphatic carbocycles. The predicted octanol–water partition coefficient (Wildman–Crippen LogP) is 3.45. The van der Waals surface area contributed by atoms with Crippen LogP contribution in [0.25, 0.3) is 0 Å². The minimum atomic E-state index is -0.959. The van der Waals surface area contributed by atoms with Crippen LogP contribution in [0.5, 0.6) is 5.75 Å². The van der Waals surface area contributed by atoms with E-state index in [-0.39, 0.29) is 28.6 Å². The summed E-state index contributed by atoms with van der Waals surface area (Å²) in [6.45, 7) is 0. The molecule has 1 aromatic carbocycles. The molecule has 9 heteroatoms. The quantitative estimate of drug-likeness (QED) is 0.269. The fraction of sp³-hybridized carbons (Fsp3) is 0.333. The number of carbonyl (C=O) groups is 2. The molecule has 0 bridgehead atoms. The van der Waals surface area contributed by atoms with E-state index in [9.17, 15) is 19.7 Å². The molecule has 1 N–H and O–H groups in total. The van der Waals surface area contributed by atoms with Gasteiger partial charge in [-0.3, -0.25) is 19.7 Å². The molecule has 0 amide bonds. The van der Waals surface area contributed by atoms with Gasteiger partial charge in [0.1, 0.15) is 0 Å². The highest BCUT2D eigenvalue weighted by Crippen LogP contribution is 2.37. The summed E-state index contributed by atoms with van der Waals surface area (Å²) in [4.78, 5) is 32.0. The molecular weight excluding hydrogens is 325 g/mol. The summed E-state index contributed by atoms with van der Waals surface area (Å²) in [5, 5.41) is 19.2. The molecule has 21 heavy (non-hydrogen) atoms. The zero-order valence-corrected chi connectivity index (χ0v) is 12.2. The van der Waals surface area contributed by atoms with Crippen molar-refractivity contribution in [2.45, 2.75) is 25.7 Å². The molecule has 0 aliphatic rings. The van der Waals surface area contributed by atoms with E-state index in [2.05, 4.69) is 0 Å². The monoisotopic (exact) mass is 335 g/mol. The van der Waals surface area contributed by atoms with Gasteiger partial charge < -0.3 is 9.84 Å². The SMILES string of the molecule is O=C(O)CCCCC(=O)Oc1c(Cl)cc(Cl)cc1[N+](=O)[O-]. The number of unbranched alkanes of at least 4 members (excludes halogenated alkanes) is 1. The molecule has 0 aliphatic heterocycles. The number of carbonyl (C=O) groups excluding carboxylic acids is 1. The van der Waals surface area contributed by atoms with Crippen molar-refractivity contribution in [2.75, 3.05) is 0 Å². The van der Waals surface area contributed by atoms with Gasteiger partial charge in [0.2, 0.25) is 5.75 Å². The molecular formula is C12H11Cl2NO6. The number of nitro groups is 1. The predicted molar refractivity (Wildman–Crippen MR) is 74.9 cm³/mol. The molecule has 1 aromatic rings. The van der Waals surface area contributed by atoms with E-state index < -0.39 is 22.5 Å². The Kier molecular flexibility index (Phi) is 6.39. The van der Waals surface area contributed by atoms with Crippen LogP contribution in [-0.4, -0.2) is 22.0 Å². The van der Waals surface area contributed by atoms with E-state index in [1.165, 1.54) is 6.07 Å². The van der Waals surface area contributed by atoms with Gasteiger partial charge in [0, 0.05) is 23.9 Å². The molecule has 0 saturated carbocycles. The summed E-state index contributed by atoms with van der Waals surface area (Å²) in [5.41, 5.74) is -0.508. The van der Waals surface area contributed by atoms with Crippen LogP contribution >= 0.6 is 23.2 Å². The van der Waals surface area contributed by atoms with Crippen molar-refractivity contribution in [1.82, 2.24) is 0 Å². The highest BCUT2D eigenvalue weighted by molar-refractivity contribution is 6.36. The molecule has 0 radical (unpaired) electrons. The van der Waals surface area contributed by atoms with E-state index in [1.807, 2.05) is 0 Å². The average molecular weight is 336 g/mol. The lowest BCUT2D eigenvalue weighted by molar-refractivity contribution is -0.385. The topological polar surface area (TPSA) is 107 Å². The van der Waals surface area contributed by atoms with Crippen LogP contribution in [0, 0.1) is 10.1 Å². The maximum Gasteiger partial charge on any atom is 0.314 e. The Hall–Kier alpha value is -1.86. The summed E-state index contributed by atoms with van der Waals surface area (Å²) < 4.78 is 4.88. The number of nitrogens with zero attached hydrogens (tertiary/aromatic N) is 1. The second-order valence-electron chi connectivity index (χ2n) is 4.07. The molecule has 0 heterocycles. The Labute approximate surface area is 129 Å². The van der Waals surface area contributed by atoms with Gasteiger partial charge in [-0.1, -0.05) is 23.2 Å². The number of halogens is 2. The van der Waals surface area contributed by atoms with Crippen molar-refractivity contribution in [1.29, 1.82) is 0 Å². The van der Waals surface area contributed by atoms with E-state index in [0.717, 1.165) is 6.07 Å². The summed E-state index contributed by atoms with van der Waals surface area (Å²) >= 11 is 11.4. The number of nitro benzene ring substituents is 1. The molecule has 0 saturated heterocycles. The Bertz CT molecular complexity index is 575. The minimum absolute atomic E-state index is 0.0490. The third-order valence-electron chi connectivity index (χ3n) is 2.42. The number of carboxylic acids is 1. The van der Waals surface area contributed by atoms with Crippen LogP contribution in [0.4, 0.5) is 5.69 Å². The number of aliphatic carboxylic acids is 1. The smallest absolute Gasteiger partial charge is 0.314 e. The van der Waals surface area contributed by atoms with Gasteiger partial charge in [-0.2, -0.15) is 0 Å². The fourth-order valence-corrected chi connectivity index (χ4v) is 2.02. The maximum absolute atomic E-state index is 11.6. The Morgan fingerprint density at radius 2 is 1.86 bits per heavy atom. The number of hydrogen-bond donors (Lipinski definition) is 1. The van der Waals surface area contributed by atoms with Crippen LogP contribution in [0.1, 0.15) is 25.7 Å². The second kappa shape index (κ2) is 7.80. The van der Waals surface area contributed by atoms with Crippen molar-refractivity contribution in [3.63, 3.8) is 0 Å². The van der Waals surface area contributed by atoms with Gasteiger partial charge in [-0.15, -0.1) is 0 Å². The molecule has 0 unspecified atom stereocenters. The van der Waals surface area contributed by atoms with Crippen LogP contribution in [-0.2, 0) is 9.59 Å². The van der Waals surface area contributed by atoms with Crippen molar-refractivity contribution < 1.29 is 24.4 Å². The van der Waals surface area contributed by atoms with Gasteiger partial charge in [0.25, 0.3) is 0 Å². The van der Waals surface area contributed by atoms with Gasteiger partial charge in [-0.05, 0) is 18.9 Å². The van der Waals surface area contributed by atoms with Crippen LogP contribution in [0.2, 0.25) is 10.0 Å².